The van der Waals surface area contributed by atoms with Crippen LogP contribution in [0.2, 0.25) is 6.82 Å². The van der Waals surface area contributed by atoms with Crippen molar-refractivity contribution in [1.29, 1.82) is 0 Å². The molecule has 0 aliphatic heterocycles. The molecule has 0 unspecified atom stereocenters. The molecule has 1 nitrogen and oxygen atoms in total. The van der Waals surface area contributed by atoms with Gasteiger partial charge in [0.05, 0.1) is 0 Å². The number of rotatable bonds is 0. The van der Waals surface area contributed by atoms with E-state index in [2.05, 4.69) is 0 Å². The topological polar surface area (TPSA) is 20.2 Å². The maximum Gasteiger partial charge on any atom is 0.283 e. The molecule has 0 rings (SSSR count). The van der Waals surface area contributed by atoms with E-state index >= 15 is 0 Å². The summed E-state index contributed by atoms with van der Waals surface area (Å²) in [6.07, 6.45) is 0. The second kappa shape index (κ2) is 9.62. The standard InChI is InChI=1S/CH4BO.Mn/c1-2-3;/h3H,1H3;. The number of hydrogen-bond donors (Lipinski definition) is 1. The molecule has 0 aromatic carbocycles. The average molecular weight is 97.8 g/mol. The van der Waals surface area contributed by atoms with Crippen LogP contribution in [0, 0.1) is 0 Å². The summed E-state index contributed by atoms with van der Waals surface area (Å²) in [5.41, 5.74) is 0. The Kier molecular flexibility index (Phi) is 21.2. The molecule has 2 radical (unpaired) electrons. The fourth-order valence-electron chi connectivity index (χ4n) is 0. The van der Waals surface area contributed by atoms with Gasteiger partial charge in [-0.05, 0) is 0 Å². The van der Waals surface area contributed by atoms with Gasteiger partial charge in [0.15, 0.2) is 0 Å². The molecule has 24 valence electrons. The van der Waals surface area contributed by atoms with Crippen molar-refractivity contribution >= 4 is 7.48 Å². The molecule has 0 amide bonds. The average Bonchev–Trinajstić information content (AvgIpc) is 0.918. The fourth-order valence-corrected chi connectivity index (χ4v) is 0. The minimum Gasteiger partial charge on any atom is -0.455 e. The van der Waals surface area contributed by atoms with Gasteiger partial charge in [-0.25, -0.2) is 0 Å². The van der Waals surface area contributed by atoms with Crippen LogP contribution >= 0.6 is 0 Å². The van der Waals surface area contributed by atoms with E-state index in [0.29, 0.717) is 0 Å². The fraction of sp³-hybridized carbons (Fsp3) is 1.00. The van der Waals surface area contributed by atoms with Gasteiger partial charge in [-0.3, -0.25) is 0 Å². The Bertz CT molecular complexity index is 8.00. The van der Waals surface area contributed by atoms with E-state index in [-0.39, 0.29) is 17.1 Å². The maximum absolute atomic E-state index is 7.44. The summed E-state index contributed by atoms with van der Waals surface area (Å²) < 4.78 is 0. The van der Waals surface area contributed by atoms with Crippen molar-refractivity contribution in [3.05, 3.63) is 0 Å². The smallest absolute Gasteiger partial charge is 0.283 e. The zero-order valence-electron chi connectivity index (χ0n) is 2.40. The molecule has 0 aliphatic rings. The van der Waals surface area contributed by atoms with Crippen LogP contribution < -0.4 is 0 Å². The first-order valence-corrected chi connectivity index (χ1v) is 0.836. The summed E-state index contributed by atoms with van der Waals surface area (Å²) in [6.45, 7) is 1.56. The van der Waals surface area contributed by atoms with Crippen molar-refractivity contribution in [3.8, 4) is 0 Å². The SMILES string of the molecule is C[B]O.[Mn]. The predicted octanol–water partition coefficient (Wildman–Crippen LogP) is -0.357. The van der Waals surface area contributed by atoms with Crippen molar-refractivity contribution in [2.75, 3.05) is 0 Å². The third-order valence-electron chi connectivity index (χ3n) is 0. The normalized spacial score (nSPS) is 3.50. The van der Waals surface area contributed by atoms with Crippen molar-refractivity contribution in [2.45, 2.75) is 6.82 Å². The summed E-state index contributed by atoms with van der Waals surface area (Å²) in [6, 6.07) is 0. The zero-order chi connectivity index (χ0) is 2.71. The van der Waals surface area contributed by atoms with Crippen LogP contribution in [0.15, 0.2) is 0 Å². The monoisotopic (exact) mass is 98.0 g/mol. The van der Waals surface area contributed by atoms with Gasteiger partial charge in [0, 0.05) is 17.1 Å². The van der Waals surface area contributed by atoms with Crippen LogP contribution in [0.5, 0.6) is 0 Å². The Balaban J connectivity index is 0. The van der Waals surface area contributed by atoms with Crippen molar-refractivity contribution in [3.63, 3.8) is 0 Å². The summed E-state index contributed by atoms with van der Waals surface area (Å²) >= 11 is 0. The first-order valence-electron chi connectivity index (χ1n) is 0.836. The first-order chi connectivity index (χ1) is 1.41. The van der Waals surface area contributed by atoms with Gasteiger partial charge in [-0.1, -0.05) is 6.82 Å². The molecule has 4 heavy (non-hydrogen) atoms. The molecule has 3 heteroatoms. The summed E-state index contributed by atoms with van der Waals surface area (Å²) in [5, 5.41) is 7.44. The predicted molar refractivity (Wildman–Crippen MR) is 13.8 cm³/mol. The molecular weight excluding hydrogens is 93.8 g/mol. The molecule has 0 saturated carbocycles. The van der Waals surface area contributed by atoms with Gasteiger partial charge in [-0.15, -0.1) is 0 Å². The van der Waals surface area contributed by atoms with Crippen LogP contribution in [-0.2, 0) is 17.1 Å². The van der Waals surface area contributed by atoms with E-state index < -0.39 is 0 Å². The van der Waals surface area contributed by atoms with Crippen LogP contribution in [0.1, 0.15) is 0 Å². The van der Waals surface area contributed by atoms with E-state index in [1.807, 2.05) is 0 Å². The number of hydrogen-bond acceptors (Lipinski definition) is 1. The quantitative estimate of drug-likeness (QED) is 0.410. The van der Waals surface area contributed by atoms with E-state index in [1.165, 1.54) is 0 Å². The Morgan fingerprint density at radius 1 is 1.75 bits per heavy atom. The third kappa shape index (κ3) is 20.5. The largest absolute Gasteiger partial charge is 0.455 e. The van der Waals surface area contributed by atoms with Gasteiger partial charge in [-0.2, -0.15) is 0 Å². The maximum atomic E-state index is 7.44. The minimum absolute atomic E-state index is 0. The second-order valence-electron chi connectivity index (χ2n) is 0.258. The Hall–Kier alpha value is 0.544. The first kappa shape index (κ1) is 8.82. The van der Waals surface area contributed by atoms with E-state index in [4.69, 9.17) is 5.02 Å². The van der Waals surface area contributed by atoms with E-state index in [0.717, 1.165) is 7.48 Å². The Morgan fingerprint density at radius 3 is 1.75 bits per heavy atom. The van der Waals surface area contributed by atoms with Crippen LogP contribution in [0.25, 0.3) is 0 Å². The summed E-state index contributed by atoms with van der Waals surface area (Å²) in [7, 11) is 1.00. The third-order valence-corrected chi connectivity index (χ3v) is 0. The van der Waals surface area contributed by atoms with Gasteiger partial charge in [0.25, 0.3) is 7.48 Å². The molecule has 0 aromatic heterocycles. The van der Waals surface area contributed by atoms with Crippen molar-refractivity contribution in [1.82, 2.24) is 0 Å². The second-order valence-corrected chi connectivity index (χ2v) is 0.258. The molecule has 0 saturated heterocycles. The molecule has 1 N–H and O–H groups in total. The molecule has 0 spiro atoms. The van der Waals surface area contributed by atoms with Gasteiger partial charge in [0.2, 0.25) is 0 Å². The molecule has 0 heterocycles. The summed E-state index contributed by atoms with van der Waals surface area (Å²) in [5.74, 6) is 0. The minimum atomic E-state index is 0. The molecule has 0 bridgehead atoms. The van der Waals surface area contributed by atoms with Gasteiger partial charge < -0.3 is 5.02 Å². The van der Waals surface area contributed by atoms with Crippen LogP contribution in [-0.4, -0.2) is 12.5 Å². The Morgan fingerprint density at radius 2 is 1.75 bits per heavy atom. The van der Waals surface area contributed by atoms with Crippen LogP contribution in [0.3, 0.4) is 0 Å². The van der Waals surface area contributed by atoms with Crippen molar-refractivity contribution in [2.24, 2.45) is 0 Å². The molecule has 0 aromatic rings. The molecule has 0 fully saturated rings. The molecule has 0 aliphatic carbocycles. The Labute approximate surface area is 37.2 Å². The summed E-state index contributed by atoms with van der Waals surface area (Å²) in [4.78, 5) is 0. The van der Waals surface area contributed by atoms with Crippen molar-refractivity contribution < 1.29 is 22.1 Å². The van der Waals surface area contributed by atoms with Crippen LogP contribution in [0.4, 0.5) is 0 Å². The van der Waals surface area contributed by atoms with Gasteiger partial charge in [0.1, 0.15) is 0 Å². The van der Waals surface area contributed by atoms with Gasteiger partial charge >= 0.3 is 0 Å². The van der Waals surface area contributed by atoms with E-state index in [9.17, 15) is 0 Å². The molecule has 0 atom stereocenters. The molecular formula is CH4BMnO. The van der Waals surface area contributed by atoms with E-state index in [1.54, 1.807) is 6.82 Å². The zero-order valence-corrected chi connectivity index (χ0v) is 3.58.